The van der Waals surface area contributed by atoms with E-state index in [1.165, 1.54) is 23.2 Å². The lowest BCUT2D eigenvalue weighted by atomic mass is 9.99. The minimum Gasteiger partial charge on any atom is -0.493 e. The van der Waals surface area contributed by atoms with Crippen molar-refractivity contribution in [2.24, 2.45) is 0 Å². The number of nitrogens with zero attached hydrogens (tertiary/aromatic N) is 3. The van der Waals surface area contributed by atoms with Gasteiger partial charge >= 0.3 is 0 Å². The van der Waals surface area contributed by atoms with Gasteiger partial charge in [0.2, 0.25) is 0 Å². The molecule has 1 amide bonds. The molecule has 6 nitrogen and oxygen atoms in total. The zero-order valence-electron chi connectivity index (χ0n) is 15.1. The molecule has 0 radical (unpaired) electrons. The Morgan fingerprint density at radius 3 is 2.74 bits per heavy atom. The Labute approximate surface area is 161 Å². The predicted molar refractivity (Wildman–Crippen MR) is 105 cm³/mol. The van der Waals surface area contributed by atoms with Crippen LogP contribution in [-0.2, 0) is 0 Å². The largest absolute Gasteiger partial charge is 0.493 e. The Hall–Kier alpha value is -2.93. The smallest absolute Gasteiger partial charge is 0.274 e. The first-order valence-corrected chi connectivity index (χ1v) is 9.48. The molecule has 3 aromatic rings. The van der Waals surface area contributed by atoms with Crippen LogP contribution in [0.1, 0.15) is 22.5 Å². The molecule has 138 valence electrons. The molecule has 2 aromatic heterocycles. The van der Waals surface area contributed by atoms with Crippen molar-refractivity contribution in [3.63, 3.8) is 0 Å². The molecule has 0 unspecified atom stereocenters. The maximum Gasteiger partial charge on any atom is 0.274 e. The minimum absolute atomic E-state index is 0.0486. The number of benzene rings is 1. The van der Waals surface area contributed by atoms with Crippen molar-refractivity contribution in [3.8, 4) is 11.5 Å². The second kappa shape index (κ2) is 7.36. The molecule has 0 N–H and O–H groups in total. The maximum absolute atomic E-state index is 12.9. The molecular formula is C20H19N3O3S. The van der Waals surface area contributed by atoms with Gasteiger partial charge in [-0.25, -0.2) is 9.97 Å². The molecule has 0 saturated carbocycles. The molecule has 1 aromatic carbocycles. The van der Waals surface area contributed by atoms with Crippen molar-refractivity contribution < 1.29 is 14.3 Å². The predicted octanol–water partition coefficient (Wildman–Crippen LogP) is 3.64. The summed E-state index contributed by atoms with van der Waals surface area (Å²) in [7, 11) is 3.25. The van der Waals surface area contributed by atoms with Crippen molar-refractivity contribution in [2.45, 2.75) is 6.42 Å². The van der Waals surface area contributed by atoms with Gasteiger partial charge in [-0.1, -0.05) is 12.1 Å². The van der Waals surface area contributed by atoms with Crippen molar-refractivity contribution in [1.29, 1.82) is 0 Å². The van der Waals surface area contributed by atoms with E-state index in [9.17, 15) is 4.79 Å². The van der Waals surface area contributed by atoms with Crippen LogP contribution in [-0.4, -0.2) is 48.1 Å². The van der Waals surface area contributed by atoms with Crippen LogP contribution in [0.4, 0.5) is 0 Å². The van der Waals surface area contributed by atoms with Crippen LogP contribution in [0.15, 0.2) is 42.0 Å². The highest BCUT2D eigenvalue weighted by Crippen LogP contribution is 2.32. The van der Waals surface area contributed by atoms with Gasteiger partial charge in [0.1, 0.15) is 12.0 Å². The molecule has 0 aliphatic carbocycles. The molecule has 0 atom stereocenters. The van der Waals surface area contributed by atoms with E-state index in [4.69, 9.17) is 9.47 Å². The Bertz CT molecular complexity index is 1030. The zero-order chi connectivity index (χ0) is 18.8. The van der Waals surface area contributed by atoms with E-state index >= 15 is 0 Å². The number of amides is 1. The van der Waals surface area contributed by atoms with E-state index in [2.05, 4.69) is 16.0 Å². The summed E-state index contributed by atoms with van der Waals surface area (Å²) in [5.74, 6) is 1.36. The van der Waals surface area contributed by atoms with E-state index in [0.29, 0.717) is 30.3 Å². The lowest BCUT2D eigenvalue weighted by molar-refractivity contribution is 0.0769. The van der Waals surface area contributed by atoms with E-state index in [0.717, 1.165) is 22.2 Å². The first-order valence-electron chi connectivity index (χ1n) is 8.60. The molecule has 4 rings (SSSR count). The number of hydrogen-bond acceptors (Lipinski definition) is 6. The van der Waals surface area contributed by atoms with Gasteiger partial charge in [-0.3, -0.25) is 4.79 Å². The lowest BCUT2D eigenvalue weighted by Crippen LogP contribution is -2.35. The summed E-state index contributed by atoms with van der Waals surface area (Å²) in [5, 5.41) is 1.93. The third-order valence-corrected chi connectivity index (χ3v) is 5.61. The third-order valence-electron chi connectivity index (χ3n) is 4.70. The average molecular weight is 381 g/mol. The molecule has 0 saturated heterocycles. The number of ether oxygens (including phenoxy) is 2. The highest BCUT2D eigenvalue weighted by molar-refractivity contribution is 7.17. The second-order valence-corrected chi connectivity index (χ2v) is 7.07. The Morgan fingerprint density at radius 2 is 2.00 bits per heavy atom. The van der Waals surface area contributed by atoms with Gasteiger partial charge < -0.3 is 14.4 Å². The number of methoxy groups -OCH3 is 2. The number of fused-ring (bicyclic) bond motifs is 1. The quantitative estimate of drug-likeness (QED) is 0.690. The van der Waals surface area contributed by atoms with E-state index in [1.807, 2.05) is 34.5 Å². The summed E-state index contributed by atoms with van der Waals surface area (Å²) in [6, 6.07) is 7.80. The monoisotopic (exact) mass is 381 g/mol. The lowest BCUT2D eigenvalue weighted by Gasteiger charge is -2.26. The zero-order valence-corrected chi connectivity index (χ0v) is 16.0. The summed E-state index contributed by atoms with van der Waals surface area (Å²) < 4.78 is 11.5. The minimum atomic E-state index is -0.0486. The average Bonchev–Trinajstić information content (AvgIpc) is 3.22. The summed E-state index contributed by atoms with van der Waals surface area (Å²) >= 11 is 1.50. The molecule has 1 aliphatic heterocycles. The fourth-order valence-electron chi connectivity index (χ4n) is 3.24. The number of carbonyl (C=O) groups is 1. The normalized spacial score (nSPS) is 14.1. The fraction of sp³-hybridized carbons (Fsp3) is 0.250. The van der Waals surface area contributed by atoms with Gasteiger partial charge in [0.25, 0.3) is 5.91 Å². The van der Waals surface area contributed by atoms with E-state index in [-0.39, 0.29) is 5.91 Å². The topological polar surface area (TPSA) is 64.5 Å². The number of aromatic nitrogens is 2. The summed E-state index contributed by atoms with van der Waals surface area (Å²) in [6.45, 7) is 1.20. The molecule has 1 aliphatic rings. The summed E-state index contributed by atoms with van der Waals surface area (Å²) in [4.78, 5) is 23.2. The Balaban J connectivity index is 1.55. The third kappa shape index (κ3) is 3.26. The second-order valence-electron chi connectivity index (χ2n) is 6.16. The molecule has 0 fully saturated rings. The number of thiophene rings is 1. The molecule has 0 bridgehead atoms. The molecule has 7 heteroatoms. The van der Waals surface area contributed by atoms with Crippen molar-refractivity contribution in [2.75, 3.05) is 27.3 Å². The van der Waals surface area contributed by atoms with Crippen LogP contribution in [0.3, 0.4) is 0 Å². The SMILES string of the molecule is COc1ccc(C2=CCN(C(=O)c3ncnc4ccsc34)CC2)cc1OC. The number of carbonyl (C=O) groups excluding carboxylic acids is 1. The van der Waals surface area contributed by atoms with E-state index < -0.39 is 0 Å². The summed E-state index contributed by atoms with van der Waals surface area (Å²) in [5.41, 5.74) is 3.58. The number of hydrogen-bond donors (Lipinski definition) is 0. The van der Waals surface area contributed by atoms with Crippen LogP contribution >= 0.6 is 11.3 Å². The van der Waals surface area contributed by atoms with Gasteiger partial charge in [-0.2, -0.15) is 0 Å². The fourth-order valence-corrected chi connectivity index (χ4v) is 4.07. The Kier molecular flexibility index (Phi) is 4.77. The first-order chi connectivity index (χ1) is 13.2. The van der Waals surface area contributed by atoms with Gasteiger partial charge in [0.05, 0.1) is 24.4 Å². The van der Waals surface area contributed by atoms with Crippen LogP contribution in [0.5, 0.6) is 11.5 Å². The molecule has 3 heterocycles. The molecular weight excluding hydrogens is 362 g/mol. The first kappa shape index (κ1) is 17.5. The standard InChI is InChI=1S/C20H19N3O3S/c1-25-16-4-3-14(11-17(16)26-2)13-5-8-23(9-6-13)20(24)18-19-15(7-10-27-19)21-12-22-18/h3-5,7,10-12H,6,8-9H2,1-2H3. The highest BCUT2D eigenvalue weighted by atomic mass is 32.1. The number of rotatable bonds is 4. The summed E-state index contributed by atoms with van der Waals surface area (Å²) in [6.07, 6.45) is 4.33. The van der Waals surface area contributed by atoms with Gasteiger partial charge in [0.15, 0.2) is 11.5 Å². The maximum atomic E-state index is 12.9. The molecule has 27 heavy (non-hydrogen) atoms. The van der Waals surface area contributed by atoms with Gasteiger partial charge in [-0.05, 0) is 41.1 Å². The van der Waals surface area contributed by atoms with Crippen molar-refractivity contribution in [3.05, 3.63) is 53.3 Å². The van der Waals surface area contributed by atoms with Gasteiger partial charge in [-0.15, -0.1) is 11.3 Å². The van der Waals surface area contributed by atoms with Crippen LogP contribution in [0.2, 0.25) is 0 Å². The van der Waals surface area contributed by atoms with Crippen LogP contribution in [0.25, 0.3) is 15.8 Å². The highest BCUT2D eigenvalue weighted by Gasteiger charge is 2.23. The van der Waals surface area contributed by atoms with Crippen LogP contribution < -0.4 is 9.47 Å². The van der Waals surface area contributed by atoms with Crippen molar-refractivity contribution in [1.82, 2.24) is 14.9 Å². The van der Waals surface area contributed by atoms with E-state index in [1.54, 1.807) is 14.2 Å². The van der Waals surface area contributed by atoms with Crippen molar-refractivity contribution >= 4 is 33.0 Å². The molecule has 0 spiro atoms. The Morgan fingerprint density at radius 1 is 1.15 bits per heavy atom. The van der Waals surface area contributed by atoms with Crippen LogP contribution in [0, 0.1) is 0 Å². The van der Waals surface area contributed by atoms with Gasteiger partial charge in [0, 0.05) is 13.1 Å².